The summed E-state index contributed by atoms with van der Waals surface area (Å²) in [5.74, 6) is 0.163. The lowest BCUT2D eigenvalue weighted by atomic mass is 9.80. The number of phenolic OH excluding ortho intramolecular Hbond substituents is 1. The third-order valence-corrected chi connectivity index (χ3v) is 5.58. The minimum atomic E-state index is -0.352. The second-order valence-electron chi connectivity index (χ2n) is 7.66. The molecule has 0 saturated heterocycles. The van der Waals surface area contributed by atoms with Crippen LogP contribution in [0.1, 0.15) is 54.6 Å². The smallest absolute Gasteiger partial charge is 0.271 e. The van der Waals surface area contributed by atoms with Gasteiger partial charge in [-0.3, -0.25) is 4.79 Å². The molecule has 1 aliphatic heterocycles. The van der Waals surface area contributed by atoms with Crippen LogP contribution in [0.5, 0.6) is 5.75 Å². The SMILES string of the molecule is C[C@H]1CC(C)(C)N(C)c2cc(Cl)c(/C=N\NC(=O)c3ccc(O)cc3)cc21. The van der Waals surface area contributed by atoms with E-state index in [9.17, 15) is 9.90 Å². The van der Waals surface area contributed by atoms with Gasteiger partial charge in [0, 0.05) is 29.4 Å². The predicted molar refractivity (Wildman–Crippen MR) is 110 cm³/mol. The van der Waals surface area contributed by atoms with Gasteiger partial charge in [-0.1, -0.05) is 18.5 Å². The van der Waals surface area contributed by atoms with Crippen molar-refractivity contribution < 1.29 is 9.90 Å². The highest BCUT2D eigenvalue weighted by Gasteiger charge is 2.34. The Bertz CT molecular complexity index is 891. The van der Waals surface area contributed by atoms with Crippen LogP contribution >= 0.6 is 11.6 Å². The zero-order valence-corrected chi connectivity index (χ0v) is 16.7. The topological polar surface area (TPSA) is 64.9 Å². The molecule has 1 amide bonds. The molecule has 5 nitrogen and oxygen atoms in total. The van der Waals surface area contributed by atoms with Crippen LogP contribution in [0.25, 0.3) is 0 Å². The zero-order valence-electron chi connectivity index (χ0n) is 16.0. The highest BCUT2D eigenvalue weighted by atomic mass is 35.5. The van der Waals surface area contributed by atoms with Crippen LogP contribution in [0.2, 0.25) is 5.02 Å². The number of hydrogen-bond donors (Lipinski definition) is 2. The number of nitrogens with one attached hydrogen (secondary N) is 1. The standard InChI is InChI=1S/C21H24ClN3O2/c1-13-11-21(2,3)25(4)19-10-18(22)15(9-17(13)19)12-23-24-20(27)14-5-7-16(26)8-6-14/h5-10,12-13,26H,11H2,1-4H3,(H,24,27)/b23-12-/t13-/m0/s1. The molecule has 0 radical (unpaired) electrons. The summed E-state index contributed by atoms with van der Waals surface area (Å²) < 4.78 is 0. The molecule has 1 aliphatic rings. The molecule has 0 fully saturated rings. The zero-order chi connectivity index (χ0) is 19.8. The number of carbonyl (C=O) groups excluding carboxylic acids is 1. The number of hydrogen-bond acceptors (Lipinski definition) is 4. The number of rotatable bonds is 3. The number of aromatic hydroxyl groups is 1. The van der Waals surface area contributed by atoms with E-state index in [1.807, 2.05) is 12.1 Å². The lowest BCUT2D eigenvalue weighted by Gasteiger charge is -2.45. The molecule has 2 aromatic rings. The number of fused-ring (bicyclic) bond motifs is 1. The van der Waals surface area contributed by atoms with Gasteiger partial charge >= 0.3 is 0 Å². The first-order valence-corrected chi connectivity index (χ1v) is 9.26. The van der Waals surface area contributed by atoms with Crippen LogP contribution in [0.15, 0.2) is 41.5 Å². The molecule has 2 aromatic carbocycles. The van der Waals surface area contributed by atoms with Crippen LogP contribution in [0, 0.1) is 0 Å². The first kappa shape index (κ1) is 19.2. The van der Waals surface area contributed by atoms with Gasteiger partial charge in [-0.2, -0.15) is 5.10 Å². The van der Waals surface area contributed by atoms with E-state index < -0.39 is 0 Å². The average molecular weight is 386 g/mol. The number of carbonyl (C=O) groups is 1. The molecule has 0 unspecified atom stereocenters. The summed E-state index contributed by atoms with van der Waals surface area (Å²) in [6.45, 7) is 6.68. The van der Waals surface area contributed by atoms with Crippen molar-refractivity contribution in [3.8, 4) is 5.75 Å². The molecule has 2 N–H and O–H groups in total. The molecule has 142 valence electrons. The van der Waals surface area contributed by atoms with Crippen molar-refractivity contribution in [3.63, 3.8) is 0 Å². The van der Waals surface area contributed by atoms with Gasteiger partial charge in [0.05, 0.1) is 11.2 Å². The van der Waals surface area contributed by atoms with E-state index in [1.54, 1.807) is 6.21 Å². The third-order valence-electron chi connectivity index (χ3n) is 5.25. The number of amides is 1. The molecule has 27 heavy (non-hydrogen) atoms. The van der Waals surface area contributed by atoms with Gasteiger partial charge in [-0.25, -0.2) is 5.43 Å². The van der Waals surface area contributed by atoms with Gasteiger partial charge in [0.25, 0.3) is 5.91 Å². The maximum Gasteiger partial charge on any atom is 0.271 e. The fraction of sp³-hybridized carbons (Fsp3) is 0.333. The Balaban J connectivity index is 1.80. The minimum Gasteiger partial charge on any atom is -0.508 e. The van der Waals surface area contributed by atoms with Crippen LogP contribution < -0.4 is 10.3 Å². The minimum absolute atomic E-state index is 0.0729. The Morgan fingerprint density at radius 2 is 2.00 bits per heavy atom. The molecule has 0 bridgehead atoms. The van der Waals surface area contributed by atoms with E-state index in [4.69, 9.17) is 11.6 Å². The highest BCUT2D eigenvalue weighted by Crippen LogP contribution is 2.44. The molecule has 1 atom stereocenters. The van der Waals surface area contributed by atoms with E-state index in [0.29, 0.717) is 16.5 Å². The molecule has 0 aliphatic carbocycles. The maximum atomic E-state index is 12.1. The van der Waals surface area contributed by atoms with Crippen molar-refractivity contribution in [3.05, 3.63) is 58.1 Å². The largest absolute Gasteiger partial charge is 0.508 e. The Hall–Kier alpha value is -2.53. The van der Waals surface area contributed by atoms with Crippen LogP contribution in [-0.2, 0) is 0 Å². The van der Waals surface area contributed by atoms with Crippen LogP contribution in [-0.4, -0.2) is 29.8 Å². The first-order valence-electron chi connectivity index (χ1n) is 8.89. The first-order chi connectivity index (χ1) is 12.7. The maximum absolute atomic E-state index is 12.1. The summed E-state index contributed by atoms with van der Waals surface area (Å²) >= 11 is 6.46. The number of benzene rings is 2. The normalized spacial score (nSPS) is 18.4. The van der Waals surface area contributed by atoms with Gasteiger partial charge in [0.2, 0.25) is 0 Å². The summed E-state index contributed by atoms with van der Waals surface area (Å²) in [7, 11) is 2.09. The van der Waals surface area contributed by atoms with Crippen LogP contribution in [0.4, 0.5) is 5.69 Å². The molecule has 0 spiro atoms. The van der Waals surface area contributed by atoms with Gasteiger partial charge in [-0.05, 0) is 68.1 Å². The average Bonchev–Trinajstić information content (AvgIpc) is 2.61. The van der Waals surface area contributed by atoms with Gasteiger partial charge in [0.1, 0.15) is 5.75 Å². The van der Waals surface area contributed by atoms with E-state index in [2.05, 4.69) is 43.2 Å². The summed E-state index contributed by atoms with van der Waals surface area (Å²) in [4.78, 5) is 14.3. The van der Waals surface area contributed by atoms with Crippen molar-refractivity contribution in [2.24, 2.45) is 5.10 Å². The third kappa shape index (κ3) is 3.93. The van der Waals surface area contributed by atoms with Crippen LogP contribution in [0.3, 0.4) is 0 Å². The van der Waals surface area contributed by atoms with E-state index in [0.717, 1.165) is 17.7 Å². The fourth-order valence-corrected chi connectivity index (χ4v) is 3.75. The van der Waals surface area contributed by atoms with E-state index in [1.165, 1.54) is 29.8 Å². The van der Waals surface area contributed by atoms with Crippen molar-refractivity contribution in [2.45, 2.75) is 38.6 Å². The van der Waals surface area contributed by atoms with Crippen molar-refractivity contribution in [2.75, 3.05) is 11.9 Å². The lowest BCUT2D eigenvalue weighted by Crippen LogP contribution is -2.45. The molecule has 3 rings (SSSR count). The highest BCUT2D eigenvalue weighted by molar-refractivity contribution is 6.33. The van der Waals surface area contributed by atoms with Crippen molar-refractivity contribution in [1.82, 2.24) is 5.43 Å². The van der Waals surface area contributed by atoms with E-state index in [-0.39, 0.29) is 17.2 Å². The number of anilines is 1. The van der Waals surface area contributed by atoms with Gasteiger partial charge in [-0.15, -0.1) is 0 Å². The molecule has 0 saturated carbocycles. The molecule has 1 heterocycles. The second-order valence-corrected chi connectivity index (χ2v) is 8.06. The van der Waals surface area contributed by atoms with Gasteiger partial charge < -0.3 is 10.0 Å². The number of halogens is 1. The lowest BCUT2D eigenvalue weighted by molar-refractivity contribution is 0.0955. The Labute approximate surface area is 164 Å². The Morgan fingerprint density at radius 3 is 2.67 bits per heavy atom. The summed E-state index contributed by atoms with van der Waals surface area (Å²) in [5.41, 5.74) is 6.10. The molecular formula is C21H24ClN3O2. The Morgan fingerprint density at radius 1 is 1.33 bits per heavy atom. The van der Waals surface area contributed by atoms with Gasteiger partial charge in [0.15, 0.2) is 0 Å². The Kier molecular flexibility index (Phi) is 5.16. The fourth-order valence-electron chi connectivity index (χ4n) is 3.54. The summed E-state index contributed by atoms with van der Waals surface area (Å²) in [6, 6.07) is 10.00. The molecule has 0 aromatic heterocycles. The monoisotopic (exact) mass is 385 g/mol. The van der Waals surface area contributed by atoms with E-state index >= 15 is 0 Å². The number of phenols is 1. The second kappa shape index (κ2) is 7.24. The number of hydrazone groups is 1. The predicted octanol–water partition coefficient (Wildman–Crippen LogP) is 4.53. The molecule has 6 heteroatoms. The van der Waals surface area contributed by atoms with Crippen molar-refractivity contribution in [1.29, 1.82) is 0 Å². The quantitative estimate of drug-likeness (QED) is 0.602. The summed E-state index contributed by atoms with van der Waals surface area (Å²) in [5, 5.41) is 13.9. The molecular weight excluding hydrogens is 362 g/mol. The summed E-state index contributed by atoms with van der Waals surface area (Å²) in [6.07, 6.45) is 2.61. The van der Waals surface area contributed by atoms with Crippen molar-refractivity contribution >= 4 is 29.4 Å². The number of nitrogens with zero attached hydrogens (tertiary/aromatic N) is 2.